The van der Waals surface area contributed by atoms with Gasteiger partial charge in [-0.2, -0.15) is 0 Å². The van der Waals surface area contributed by atoms with Crippen molar-refractivity contribution >= 4 is 5.97 Å². The van der Waals surface area contributed by atoms with E-state index in [4.69, 9.17) is 9.47 Å². The summed E-state index contributed by atoms with van der Waals surface area (Å²) in [6.07, 6.45) is 1.07. The van der Waals surface area contributed by atoms with Crippen molar-refractivity contribution in [1.29, 1.82) is 0 Å². The largest absolute Gasteiger partial charge is 0.494 e. The Morgan fingerprint density at radius 3 is 2.79 bits per heavy atom. The van der Waals surface area contributed by atoms with E-state index < -0.39 is 5.97 Å². The summed E-state index contributed by atoms with van der Waals surface area (Å²) in [5.74, 6) is -0.595. The molecule has 0 bridgehead atoms. The second-order valence-electron chi connectivity index (χ2n) is 3.86. The van der Waals surface area contributed by atoms with Crippen LogP contribution in [-0.4, -0.2) is 35.5 Å². The molecule has 1 heterocycles. The lowest BCUT2D eigenvalue weighted by Crippen LogP contribution is -2.22. The Morgan fingerprint density at radius 2 is 2.16 bits per heavy atom. The van der Waals surface area contributed by atoms with E-state index >= 15 is 0 Å². The summed E-state index contributed by atoms with van der Waals surface area (Å²) in [6.45, 7) is 5.82. The second-order valence-corrected chi connectivity index (χ2v) is 3.86. The first-order valence-corrected chi connectivity index (χ1v) is 5.82. The van der Waals surface area contributed by atoms with Gasteiger partial charge in [0.25, 0.3) is 5.56 Å². The van der Waals surface area contributed by atoms with E-state index in [9.17, 15) is 14.7 Å². The van der Waals surface area contributed by atoms with E-state index in [1.54, 1.807) is 6.92 Å². The fraction of sp³-hybridized carbons (Fsp3) is 0.385. The van der Waals surface area contributed by atoms with Gasteiger partial charge in [-0.1, -0.05) is 6.58 Å². The van der Waals surface area contributed by atoms with Gasteiger partial charge in [0.2, 0.25) is 0 Å². The van der Waals surface area contributed by atoms with Crippen LogP contribution in [-0.2, 0) is 20.8 Å². The molecule has 0 spiro atoms. The highest BCUT2D eigenvalue weighted by atomic mass is 16.6. The number of hydrogen-bond acceptors (Lipinski definition) is 5. The summed E-state index contributed by atoms with van der Waals surface area (Å²) in [5.41, 5.74) is 0.426. The van der Waals surface area contributed by atoms with E-state index in [2.05, 4.69) is 6.58 Å². The average molecular weight is 267 g/mol. The minimum absolute atomic E-state index is 0.0910. The highest BCUT2D eigenvalue weighted by Crippen LogP contribution is 2.07. The summed E-state index contributed by atoms with van der Waals surface area (Å²) in [7, 11) is 0. The van der Waals surface area contributed by atoms with Gasteiger partial charge in [0.05, 0.1) is 19.8 Å². The molecule has 0 amide bonds. The molecule has 1 aromatic rings. The first kappa shape index (κ1) is 15.0. The number of ether oxygens (including phenoxy) is 2. The number of pyridine rings is 1. The lowest BCUT2D eigenvalue weighted by atomic mass is 10.3. The molecule has 0 aliphatic rings. The van der Waals surface area contributed by atoms with Gasteiger partial charge in [-0.05, 0) is 12.5 Å². The Hall–Kier alpha value is -2.08. The van der Waals surface area contributed by atoms with Crippen molar-refractivity contribution in [3.05, 3.63) is 40.7 Å². The van der Waals surface area contributed by atoms with Crippen LogP contribution in [0.1, 0.15) is 5.56 Å². The van der Waals surface area contributed by atoms with Crippen LogP contribution in [0.3, 0.4) is 0 Å². The Bertz CT molecular complexity index is 506. The molecule has 0 saturated heterocycles. The van der Waals surface area contributed by atoms with Crippen LogP contribution in [0.5, 0.6) is 5.88 Å². The minimum atomic E-state index is -0.504. The van der Waals surface area contributed by atoms with Gasteiger partial charge < -0.3 is 14.6 Å². The SMILES string of the molecule is C=CC(=O)OCCOCCn1c(O)cc(C)cc1=O. The van der Waals surface area contributed by atoms with Gasteiger partial charge in [-0.25, -0.2) is 4.79 Å². The number of aromatic nitrogens is 1. The van der Waals surface area contributed by atoms with Crippen LogP contribution in [0.4, 0.5) is 0 Å². The number of rotatable bonds is 7. The summed E-state index contributed by atoms with van der Waals surface area (Å²) in [4.78, 5) is 22.3. The molecular weight excluding hydrogens is 250 g/mol. The summed E-state index contributed by atoms with van der Waals surface area (Å²) < 4.78 is 11.1. The molecule has 1 aromatic heterocycles. The monoisotopic (exact) mass is 267 g/mol. The van der Waals surface area contributed by atoms with Crippen LogP contribution < -0.4 is 5.56 Å². The summed E-state index contributed by atoms with van der Waals surface area (Å²) in [5, 5.41) is 9.61. The number of nitrogens with zero attached hydrogens (tertiary/aromatic N) is 1. The zero-order valence-corrected chi connectivity index (χ0v) is 10.8. The van der Waals surface area contributed by atoms with Gasteiger partial charge in [-0.3, -0.25) is 9.36 Å². The Kier molecular flexibility index (Phi) is 5.81. The third kappa shape index (κ3) is 4.97. The molecule has 104 valence electrons. The standard InChI is InChI=1S/C13H17NO5/c1-3-13(17)19-7-6-18-5-4-14-11(15)8-10(2)9-12(14)16/h3,8-9,15H,1,4-7H2,2H3. The van der Waals surface area contributed by atoms with E-state index in [1.165, 1.54) is 16.7 Å². The second kappa shape index (κ2) is 7.38. The van der Waals surface area contributed by atoms with Gasteiger partial charge in [0, 0.05) is 18.2 Å². The molecule has 0 unspecified atom stereocenters. The fourth-order valence-corrected chi connectivity index (χ4v) is 1.45. The van der Waals surface area contributed by atoms with Crippen molar-refractivity contribution in [2.24, 2.45) is 0 Å². The van der Waals surface area contributed by atoms with Crippen molar-refractivity contribution < 1.29 is 19.4 Å². The smallest absolute Gasteiger partial charge is 0.330 e. The molecule has 0 radical (unpaired) electrons. The molecule has 1 rings (SSSR count). The molecule has 0 saturated carbocycles. The molecule has 1 N–H and O–H groups in total. The highest BCUT2D eigenvalue weighted by Gasteiger charge is 2.03. The molecule has 0 atom stereocenters. The van der Waals surface area contributed by atoms with Crippen molar-refractivity contribution in [1.82, 2.24) is 4.57 Å². The van der Waals surface area contributed by atoms with Crippen LogP contribution in [0.2, 0.25) is 0 Å². The molecule has 0 aliphatic carbocycles. The maximum Gasteiger partial charge on any atom is 0.330 e. The predicted molar refractivity (Wildman–Crippen MR) is 69.1 cm³/mol. The lowest BCUT2D eigenvalue weighted by Gasteiger charge is -2.09. The quantitative estimate of drug-likeness (QED) is 0.445. The number of hydrogen-bond donors (Lipinski definition) is 1. The van der Waals surface area contributed by atoms with Gasteiger partial charge >= 0.3 is 5.97 Å². The molecule has 6 heteroatoms. The Balaban J connectivity index is 2.32. The number of esters is 1. The fourth-order valence-electron chi connectivity index (χ4n) is 1.45. The Labute approximate surface area is 110 Å². The van der Waals surface area contributed by atoms with Crippen molar-refractivity contribution in [3.8, 4) is 5.88 Å². The Morgan fingerprint density at radius 1 is 1.42 bits per heavy atom. The minimum Gasteiger partial charge on any atom is -0.494 e. The van der Waals surface area contributed by atoms with Crippen LogP contribution in [0, 0.1) is 6.92 Å². The highest BCUT2D eigenvalue weighted by molar-refractivity contribution is 5.81. The van der Waals surface area contributed by atoms with Crippen LogP contribution in [0.15, 0.2) is 29.6 Å². The number of carbonyl (C=O) groups is 1. The van der Waals surface area contributed by atoms with E-state index in [0.29, 0.717) is 5.56 Å². The first-order chi connectivity index (χ1) is 9.04. The van der Waals surface area contributed by atoms with Gasteiger partial charge in [-0.15, -0.1) is 0 Å². The van der Waals surface area contributed by atoms with E-state index in [0.717, 1.165) is 6.08 Å². The van der Waals surface area contributed by atoms with E-state index in [-0.39, 0.29) is 37.8 Å². The molecule has 0 fully saturated rings. The topological polar surface area (TPSA) is 77.8 Å². The lowest BCUT2D eigenvalue weighted by molar-refractivity contribution is -0.139. The molecule has 6 nitrogen and oxygen atoms in total. The predicted octanol–water partition coefficient (Wildman–Crippen LogP) is 0.608. The number of aromatic hydroxyl groups is 1. The van der Waals surface area contributed by atoms with Crippen LogP contribution >= 0.6 is 0 Å². The van der Waals surface area contributed by atoms with Gasteiger partial charge in [0.1, 0.15) is 6.61 Å². The maximum atomic E-state index is 11.6. The maximum absolute atomic E-state index is 11.6. The number of aryl methyl sites for hydroxylation is 1. The molecule has 19 heavy (non-hydrogen) atoms. The molecule has 0 aliphatic heterocycles. The van der Waals surface area contributed by atoms with Gasteiger partial charge in [0.15, 0.2) is 5.88 Å². The number of carbonyl (C=O) groups excluding carboxylic acids is 1. The van der Waals surface area contributed by atoms with E-state index in [1.807, 2.05) is 0 Å². The zero-order chi connectivity index (χ0) is 14.3. The van der Waals surface area contributed by atoms with Crippen molar-refractivity contribution in [3.63, 3.8) is 0 Å². The summed E-state index contributed by atoms with van der Waals surface area (Å²) >= 11 is 0. The van der Waals surface area contributed by atoms with Crippen molar-refractivity contribution in [2.45, 2.75) is 13.5 Å². The molecular formula is C13H17NO5. The zero-order valence-electron chi connectivity index (χ0n) is 10.8. The third-order valence-corrected chi connectivity index (χ3v) is 2.35. The first-order valence-electron chi connectivity index (χ1n) is 5.82. The summed E-state index contributed by atoms with van der Waals surface area (Å²) in [6, 6.07) is 2.94. The molecule has 0 aromatic carbocycles. The third-order valence-electron chi connectivity index (χ3n) is 2.35. The van der Waals surface area contributed by atoms with Crippen molar-refractivity contribution in [2.75, 3.05) is 19.8 Å². The average Bonchev–Trinajstić information content (AvgIpc) is 2.35. The van der Waals surface area contributed by atoms with Crippen LogP contribution in [0.25, 0.3) is 0 Å². The normalized spacial score (nSPS) is 10.2.